The molecule has 0 aromatic heterocycles. The molecule has 1 aliphatic heterocycles. The molecule has 0 spiro atoms. The molecule has 28 heavy (non-hydrogen) atoms. The van der Waals surface area contributed by atoms with Gasteiger partial charge in [-0.1, -0.05) is 6.07 Å². The Hall–Kier alpha value is -2.74. The number of esters is 1. The van der Waals surface area contributed by atoms with E-state index in [-0.39, 0.29) is 5.56 Å². The summed E-state index contributed by atoms with van der Waals surface area (Å²) in [5, 5.41) is 0. The number of carbonyl (C=O) groups is 2. The van der Waals surface area contributed by atoms with Gasteiger partial charge >= 0.3 is 5.97 Å². The predicted octanol–water partition coefficient (Wildman–Crippen LogP) is 2.89. The van der Waals surface area contributed by atoms with Crippen LogP contribution >= 0.6 is 0 Å². The molecule has 0 unspecified atom stereocenters. The highest BCUT2D eigenvalue weighted by atomic mass is 32.2. The maximum absolute atomic E-state index is 13.6. The summed E-state index contributed by atoms with van der Waals surface area (Å²) in [6, 6.07) is 8.72. The third-order valence-electron chi connectivity index (χ3n) is 4.62. The molecule has 0 saturated heterocycles. The van der Waals surface area contributed by atoms with Gasteiger partial charge in [0, 0.05) is 12.1 Å². The zero-order valence-electron chi connectivity index (χ0n) is 15.6. The molecule has 0 fully saturated rings. The molecule has 0 atom stereocenters. The van der Waals surface area contributed by atoms with Gasteiger partial charge in [0.1, 0.15) is 5.82 Å². The van der Waals surface area contributed by atoms with E-state index in [1.165, 1.54) is 22.5 Å². The second-order valence-corrected chi connectivity index (χ2v) is 8.65. The van der Waals surface area contributed by atoms with Crippen molar-refractivity contribution in [2.45, 2.75) is 19.8 Å². The van der Waals surface area contributed by atoms with E-state index in [1.807, 2.05) is 0 Å². The largest absolute Gasteiger partial charge is 0.454 e. The fourth-order valence-corrected chi connectivity index (χ4v) is 4.09. The number of rotatable bonds is 5. The Morgan fingerprint density at radius 2 is 1.86 bits per heavy atom. The number of benzene rings is 2. The standard InChI is InChI=1S/C20H20FNO5S/c1-13-5-6-16(11-17(13)21)20(24)27-12-19(23)15-7-8-18-14(10-15)4-3-9-22(18)28(2,25)26/h5-8,10-11H,3-4,9,12H2,1-2H3. The first-order valence-electron chi connectivity index (χ1n) is 8.74. The van der Waals surface area contributed by atoms with Gasteiger partial charge in [0.25, 0.3) is 0 Å². The van der Waals surface area contributed by atoms with E-state index >= 15 is 0 Å². The molecule has 1 heterocycles. The van der Waals surface area contributed by atoms with E-state index < -0.39 is 34.2 Å². The molecule has 0 radical (unpaired) electrons. The van der Waals surface area contributed by atoms with Crippen LogP contribution in [0, 0.1) is 12.7 Å². The normalized spacial score (nSPS) is 13.8. The molecule has 8 heteroatoms. The fraction of sp³-hybridized carbons (Fsp3) is 0.300. The van der Waals surface area contributed by atoms with Gasteiger partial charge in [-0.05, 0) is 61.2 Å². The molecule has 3 rings (SSSR count). The zero-order chi connectivity index (χ0) is 20.5. The fourth-order valence-electron chi connectivity index (χ4n) is 3.10. The SMILES string of the molecule is Cc1ccc(C(=O)OCC(=O)c2ccc3c(c2)CCCN3S(C)(=O)=O)cc1F. The van der Waals surface area contributed by atoms with Gasteiger partial charge < -0.3 is 4.74 Å². The summed E-state index contributed by atoms with van der Waals surface area (Å²) in [6.45, 7) is 1.50. The monoisotopic (exact) mass is 405 g/mol. The lowest BCUT2D eigenvalue weighted by Gasteiger charge is -2.29. The van der Waals surface area contributed by atoms with Crippen molar-refractivity contribution in [3.63, 3.8) is 0 Å². The van der Waals surface area contributed by atoms with Crippen LogP contribution in [0.3, 0.4) is 0 Å². The van der Waals surface area contributed by atoms with Crippen LogP contribution in [0.5, 0.6) is 0 Å². The molecule has 1 aliphatic rings. The highest BCUT2D eigenvalue weighted by molar-refractivity contribution is 7.92. The summed E-state index contributed by atoms with van der Waals surface area (Å²) in [6.07, 6.45) is 2.46. The lowest BCUT2D eigenvalue weighted by Crippen LogP contribution is -2.34. The lowest BCUT2D eigenvalue weighted by atomic mass is 9.99. The van der Waals surface area contributed by atoms with Crippen molar-refractivity contribution in [3.05, 3.63) is 64.5 Å². The Morgan fingerprint density at radius 3 is 2.54 bits per heavy atom. The van der Waals surface area contributed by atoms with Crippen molar-refractivity contribution in [2.24, 2.45) is 0 Å². The van der Waals surface area contributed by atoms with Crippen molar-refractivity contribution in [1.29, 1.82) is 0 Å². The van der Waals surface area contributed by atoms with Crippen LogP contribution in [-0.4, -0.2) is 39.6 Å². The number of nitrogens with zero attached hydrogens (tertiary/aromatic N) is 1. The molecule has 6 nitrogen and oxygen atoms in total. The van der Waals surface area contributed by atoms with Gasteiger partial charge in [0.15, 0.2) is 12.4 Å². The van der Waals surface area contributed by atoms with Gasteiger partial charge in [-0.3, -0.25) is 9.10 Å². The van der Waals surface area contributed by atoms with Gasteiger partial charge in [0.2, 0.25) is 10.0 Å². The molecule has 0 bridgehead atoms. The van der Waals surface area contributed by atoms with Crippen LogP contribution in [-0.2, 0) is 21.2 Å². The molecule has 0 saturated carbocycles. The number of aryl methyl sites for hydroxylation is 2. The first kappa shape index (κ1) is 20.0. The third kappa shape index (κ3) is 4.22. The van der Waals surface area contributed by atoms with Crippen molar-refractivity contribution >= 4 is 27.5 Å². The van der Waals surface area contributed by atoms with Crippen molar-refractivity contribution in [2.75, 3.05) is 23.7 Å². The predicted molar refractivity (Wildman–Crippen MR) is 103 cm³/mol. The maximum Gasteiger partial charge on any atom is 0.338 e. The van der Waals surface area contributed by atoms with E-state index in [9.17, 15) is 22.4 Å². The number of carbonyl (C=O) groups excluding carboxylic acids is 2. The minimum atomic E-state index is -3.38. The van der Waals surface area contributed by atoms with Crippen LogP contribution in [0.15, 0.2) is 36.4 Å². The Bertz CT molecular complexity index is 1050. The topological polar surface area (TPSA) is 80.8 Å². The molecule has 2 aromatic carbocycles. The van der Waals surface area contributed by atoms with Crippen LogP contribution in [0.25, 0.3) is 0 Å². The van der Waals surface area contributed by atoms with Crippen LogP contribution in [0.2, 0.25) is 0 Å². The van der Waals surface area contributed by atoms with Crippen molar-refractivity contribution in [3.8, 4) is 0 Å². The average Bonchev–Trinajstić information content (AvgIpc) is 2.66. The highest BCUT2D eigenvalue weighted by Gasteiger charge is 2.25. The quantitative estimate of drug-likeness (QED) is 0.564. The minimum Gasteiger partial charge on any atom is -0.454 e. The van der Waals surface area contributed by atoms with Crippen molar-refractivity contribution < 1.29 is 27.1 Å². The lowest BCUT2D eigenvalue weighted by molar-refractivity contribution is 0.0474. The Kier molecular flexibility index (Phi) is 5.51. The molecular formula is C20H20FNO5S. The van der Waals surface area contributed by atoms with E-state index in [0.717, 1.165) is 17.9 Å². The van der Waals surface area contributed by atoms with E-state index in [0.29, 0.717) is 36.2 Å². The third-order valence-corrected chi connectivity index (χ3v) is 5.80. The van der Waals surface area contributed by atoms with Gasteiger partial charge in [0.05, 0.1) is 17.5 Å². The molecule has 2 aromatic rings. The maximum atomic E-state index is 13.6. The number of fused-ring (bicyclic) bond motifs is 1. The van der Waals surface area contributed by atoms with Crippen LogP contribution in [0.1, 0.15) is 38.3 Å². The number of Topliss-reactive ketones (excluding diaryl/α,β-unsaturated/α-hetero) is 1. The number of ketones is 1. The Morgan fingerprint density at radius 1 is 1.14 bits per heavy atom. The van der Waals surface area contributed by atoms with Gasteiger partial charge in [-0.25, -0.2) is 17.6 Å². The van der Waals surface area contributed by atoms with Gasteiger partial charge in [-0.15, -0.1) is 0 Å². The van der Waals surface area contributed by atoms with Crippen LogP contribution < -0.4 is 4.31 Å². The molecular weight excluding hydrogens is 385 g/mol. The Balaban J connectivity index is 1.71. The number of hydrogen-bond donors (Lipinski definition) is 0. The summed E-state index contributed by atoms with van der Waals surface area (Å²) in [5.41, 5.74) is 2.10. The second kappa shape index (κ2) is 7.71. The zero-order valence-corrected chi connectivity index (χ0v) is 16.4. The van der Waals surface area contributed by atoms with E-state index in [2.05, 4.69) is 0 Å². The number of hydrogen-bond acceptors (Lipinski definition) is 5. The molecule has 0 aliphatic carbocycles. The van der Waals surface area contributed by atoms with Crippen molar-refractivity contribution in [1.82, 2.24) is 0 Å². The summed E-state index contributed by atoms with van der Waals surface area (Å²) in [4.78, 5) is 24.4. The van der Waals surface area contributed by atoms with E-state index in [1.54, 1.807) is 19.1 Å². The Labute approximate surface area is 163 Å². The summed E-state index contributed by atoms with van der Waals surface area (Å²) in [7, 11) is -3.38. The first-order valence-corrected chi connectivity index (χ1v) is 10.6. The number of halogens is 1. The number of ether oxygens (including phenoxy) is 1. The first-order chi connectivity index (χ1) is 13.2. The smallest absolute Gasteiger partial charge is 0.338 e. The number of sulfonamides is 1. The molecule has 0 N–H and O–H groups in total. The minimum absolute atomic E-state index is 0.0325. The van der Waals surface area contributed by atoms with E-state index in [4.69, 9.17) is 4.74 Å². The highest BCUT2D eigenvalue weighted by Crippen LogP contribution is 2.30. The van der Waals surface area contributed by atoms with Gasteiger partial charge in [-0.2, -0.15) is 0 Å². The molecule has 148 valence electrons. The second-order valence-electron chi connectivity index (χ2n) is 6.75. The summed E-state index contributed by atoms with van der Waals surface area (Å²) < 4.78 is 43.7. The average molecular weight is 405 g/mol. The number of anilines is 1. The summed E-state index contributed by atoms with van der Waals surface area (Å²) >= 11 is 0. The summed E-state index contributed by atoms with van der Waals surface area (Å²) in [5.74, 6) is -1.72. The van der Waals surface area contributed by atoms with Crippen LogP contribution in [0.4, 0.5) is 10.1 Å². The molecule has 0 amide bonds.